The first-order chi connectivity index (χ1) is 25.8. The highest BCUT2D eigenvalue weighted by Gasteiger charge is 2.23. The van der Waals surface area contributed by atoms with E-state index < -0.39 is 13.2 Å². The Morgan fingerprint density at radius 3 is 1.08 bits per heavy atom. The van der Waals surface area contributed by atoms with Gasteiger partial charge in [0.1, 0.15) is 11.5 Å². The fourth-order valence-electron chi connectivity index (χ4n) is 8.30. The van der Waals surface area contributed by atoms with Gasteiger partial charge in [-0.15, -0.1) is 0 Å². The highest BCUT2D eigenvalue weighted by Crippen LogP contribution is 2.40. The molecule has 286 valence electrons. The third kappa shape index (κ3) is 12.9. The van der Waals surface area contributed by atoms with E-state index in [9.17, 15) is 17.6 Å². The van der Waals surface area contributed by atoms with Gasteiger partial charge < -0.3 is 9.47 Å². The van der Waals surface area contributed by atoms with Gasteiger partial charge in [0.2, 0.25) is 0 Å². The summed E-state index contributed by atoms with van der Waals surface area (Å²) in [5.74, 6) is 3.62. The predicted molar refractivity (Wildman–Crippen MR) is 210 cm³/mol. The molecule has 0 radical (unpaired) electrons. The molecule has 0 saturated heterocycles. The van der Waals surface area contributed by atoms with E-state index in [0.29, 0.717) is 11.8 Å². The third-order valence-corrected chi connectivity index (χ3v) is 11.5. The average Bonchev–Trinajstić information content (AvgIpc) is 3.18. The van der Waals surface area contributed by atoms with Crippen LogP contribution in [0.2, 0.25) is 0 Å². The van der Waals surface area contributed by atoms with Gasteiger partial charge in [0.25, 0.3) is 0 Å². The van der Waals surface area contributed by atoms with E-state index in [0.717, 1.165) is 34.1 Å². The minimum Gasteiger partial charge on any atom is -0.435 e. The Kier molecular flexibility index (Phi) is 16.1. The van der Waals surface area contributed by atoms with Crippen LogP contribution >= 0.6 is 0 Å². The van der Waals surface area contributed by atoms with Crippen molar-refractivity contribution in [3.8, 4) is 33.8 Å². The minimum absolute atomic E-state index is 0.195. The van der Waals surface area contributed by atoms with E-state index in [1.807, 2.05) is 24.3 Å². The molecule has 2 nitrogen and oxygen atoms in total. The van der Waals surface area contributed by atoms with Crippen LogP contribution in [0.25, 0.3) is 22.3 Å². The SMILES string of the molecule is CCCCC1CCC(c2ccc(-c3ccc(OC(F)F)cc3)cc2)CC1.CCCCCC1CCC(c2ccc(-c3ccc(OC(F)F)cc3)cc2)CC1. The molecule has 4 aromatic rings. The fourth-order valence-corrected chi connectivity index (χ4v) is 8.30. The second-order valence-corrected chi connectivity index (χ2v) is 15.1. The van der Waals surface area contributed by atoms with Gasteiger partial charge >= 0.3 is 13.2 Å². The second-order valence-electron chi connectivity index (χ2n) is 15.1. The lowest BCUT2D eigenvalue weighted by Gasteiger charge is -2.29. The van der Waals surface area contributed by atoms with Gasteiger partial charge in [0.05, 0.1) is 0 Å². The molecule has 0 amide bonds. The summed E-state index contributed by atoms with van der Waals surface area (Å²) in [5.41, 5.74) is 7.11. The summed E-state index contributed by atoms with van der Waals surface area (Å²) >= 11 is 0. The maximum absolute atomic E-state index is 12.2. The van der Waals surface area contributed by atoms with Crippen molar-refractivity contribution in [3.05, 3.63) is 108 Å². The molecule has 0 aromatic heterocycles. The monoisotopic (exact) mass is 730 g/mol. The molecule has 53 heavy (non-hydrogen) atoms. The molecule has 0 aliphatic heterocycles. The number of rotatable bonds is 15. The van der Waals surface area contributed by atoms with Crippen LogP contribution in [0, 0.1) is 11.8 Å². The molecule has 0 spiro atoms. The maximum atomic E-state index is 12.2. The lowest BCUT2D eigenvalue weighted by atomic mass is 9.77. The topological polar surface area (TPSA) is 18.5 Å². The summed E-state index contributed by atoms with van der Waals surface area (Å²) in [6.07, 6.45) is 20.2. The van der Waals surface area contributed by atoms with Crippen molar-refractivity contribution in [1.82, 2.24) is 0 Å². The van der Waals surface area contributed by atoms with E-state index in [1.54, 1.807) is 24.3 Å². The average molecular weight is 731 g/mol. The van der Waals surface area contributed by atoms with E-state index in [4.69, 9.17) is 0 Å². The Bertz CT molecular complexity index is 1570. The van der Waals surface area contributed by atoms with Gasteiger partial charge in [-0.25, -0.2) is 0 Å². The van der Waals surface area contributed by atoms with Crippen molar-refractivity contribution >= 4 is 0 Å². The van der Waals surface area contributed by atoms with Gasteiger partial charge in [-0.2, -0.15) is 17.6 Å². The summed E-state index contributed by atoms with van der Waals surface area (Å²) < 4.78 is 57.8. The number of alkyl halides is 4. The summed E-state index contributed by atoms with van der Waals surface area (Å²) in [4.78, 5) is 0. The second kappa shape index (κ2) is 21.2. The summed E-state index contributed by atoms with van der Waals surface area (Å²) in [6, 6.07) is 31.2. The normalized spacial score (nSPS) is 20.2. The van der Waals surface area contributed by atoms with Crippen LogP contribution < -0.4 is 9.47 Å². The lowest BCUT2D eigenvalue weighted by Crippen LogP contribution is -2.13. The Morgan fingerprint density at radius 2 is 0.755 bits per heavy atom. The third-order valence-electron chi connectivity index (χ3n) is 11.5. The van der Waals surface area contributed by atoms with Gasteiger partial charge in [-0.1, -0.05) is 132 Å². The predicted octanol–water partition coefficient (Wildman–Crippen LogP) is 15.2. The number of ether oxygens (including phenoxy) is 2. The largest absolute Gasteiger partial charge is 0.435 e. The molecule has 2 aliphatic rings. The number of hydrogen-bond acceptors (Lipinski definition) is 2. The van der Waals surface area contributed by atoms with Gasteiger partial charge in [0.15, 0.2) is 0 Å². The number of hydrogen-bond donors (Lipinski definition) is 0. The Hall–Kier alpha value is -3.80. The molecule has 2 saturated carbocycles. The molecular weight excluding hydrogens is 673 g/mol. The quantitative estimate of drug-likeness (QED) is 0.0896. The highest BCUT2D eigenvalue weighted by molar-refractivity contribution is 5.65. The first kappa shape index (κ1) is 40.4. The van der Waals surface area contributed by atoms with Crippen molar-refractivity contribution < 1.29 is 27.0 Å². The molecule has 0 bridgehead atoms. The minimum atomic E-state index is -2.78. The van der Waals surface area contributed by atoms with Crippen molar-refractivity contribution in [2.75, 3.05) is 0 Å². The summed E-state index contributed by atoms with van der Waals surface area (Å²) in [6.45, 7) is -1.02. The van der Waals surface area contributed by atoms with Crippen molar-refractivity contribution in [2.45, 2.75) is 135 Å². The standard InChI is InChI=1S/C24H30F2O.C23H28F2O/c1-2-3-4-5-18-6-8-19(9-7-18)20-10-12-21(13-11-20)22-14-16-23(17-15-22)27-24(25)26;1-2-3-4-17-5-7-18(8-6-17)19-9-11-20(12-10-19)21-13-15-22(16-14-21)26-23(24)25/h10-19,24H,2-9H2,1H3;9-18,23H,2-8H2,1H3. The summed E-state index contributed by atoms with van der Waals surface area (Å²) in [7, 11) is 0. The number of benzene rings is 4. The number of unbranched alkanes of at least 4 members (excludes halogenated alkanes) is 3. The lowest BCUT2D eigenvalue weighted by molar-refractivity contribution is -0.0505. The zero-order valence-electron chi connectivity index (χ0n) is 31.6. The molecule has 0 heterocycles. The Labute approximate surface area is 315 Å². The van der Waals surface area contributed by atoms with Crippen LogP contribution in [0.15, 0.2) is 97.1 Å². The molecule has 6 rings (SSSR count). The van der Waals surface area contributed by atoms with E-state index >= 15 is 0 Å². The molecule has 0 unspecified atom stereocenters. The Morgan fingerprint density at radius 1 is 0.434 bits per heavy atom. The molecule has 6 heteroatoms. The smallest absolute Gasteiger partial charge is 0.387 e. The molecule has 2 fully saturated rings. The molecule has 4 aromatic carbocycles. The molecule has 2 aliphatic carbocycles. The zero-order valence-corrected chi connectivity index (χ0v) is 31.6. The Balaban J connectivity index is 0.000000204. The van der Waals surface area contributed by atoms with Crippen LogP contribution in [0.1, 0.15) is 133 Å². The van der Waals surface area contributed by atoms with E-state index in [-0.39, 0.29) is 11.5 Å². The van der Waals surface area contributed by atoms with E-state index in [1.165, 1.54) is 107 Å². The van der Waals surface area contributed by atoms with Crippen LogP contribution in [0.4, 0.5) is 17.6 Å². The fraction of sp³-hybridized carbons (Fsp3) is 0.489. The zero-order chi connectivity index (χ0) is 37.4. The highest BCUT2D eigenvalue weighted by atomic mass is 19.3. The summed E-state index contributed by atoms with van der Waals surface area (Å²) in [5, 5.41) is 0. The van der Waals surface area contributed by atoms with Crippen molar-refractivity contribution in [2.24, 2.45) is 11.8 Å². The first-order valence-corrected chi connectivity index (χ1v) is 20.1. The van der Waals surface area contributed by atoms with Gasteiger partial charge in [-0.05, 0) is 133 Å². The molecule has 0 N–H and O–H groups in total. The van der Waals surface area contributed by atoms with Gasteiger partial charge in [-0.3, -0.25) is 0 Å². The first-order valence-electron chi connectivity index (χ1n) is 20.1. The van der Waals surface area contributed by atoms with Crippen LogP contribution in [-0.2, 0) is 0 Å². The van der Waals surface area contributed by atoms with Crippen molar-refractivity contribution in [3.63, 3.8) is 0 Å². The molecule has 0 atom stereocenters. The van der Waals surface area contributed by atoms with Crippen molar-refractivity contribution in [1.29, 1.82) is 0 Å². The van der Waals surface area contributed by atoms with Crippen LogP contribution in [0.3, 0.4) is 0 Å². The molecular formula is C47H58F4O2. The van der Waals surface area contributed by atoms with Crippen LogP contribution in [-0.4, -0.2) is 13.2 Å². The maximum Gasteiger partial charge on any atom is 0.387 e. The van der Waals surface area contributed by atoms with Gasteiger partial charge in [0, 0.05) is 0 Å². The van der Waals surface area contributed by atoms with Crippen LogP contribution in [0.5, 0.6) is 11.5 Å². The number of halogens is 4. The van der Waals surface area contributed by atoms with E-state index in [2.05, 4.69) is 71.9 Å².